The van der Waals surface area contributed by atoms with Crippen LogP contribution >= 0.6 is 27.3 Å². The average Bonchev–Trinajstić information content (AvgIpc) is 2.95. The van der Waals surface area contributed by atoms with Crippen molar-refractivity contribution in [3.8, 4) is 0 Å². The number of halogens is 1. The third-order valence-electron chi connectivity index (χ3n) is 4.85. The van der Waals surface area contributed by atoms with Crippen LogP contribution in [0.5, 0.6) is 0 Å². The Morgan fingerprint density at radius 1 is 1.19 bits per heavy atom. The van der Waals surface area contributed by atoms with Gasteiger partial charge in [0.2, 0.25) is 0 Å². The summed E-state index contributed by atoms with van der Waals surface area (Å²) in [5, 5.41) is 3.73. The number of rotatable bonds is 5. The fourth-order valence-corrected chi connectivity index (χ4v) is 5.17. The lowest BCUT2D eigenvalue weighted by atomic mass is 9.79. The zero-order valence-corrected chi connectivity index (χ0v) is 15.0. The summed E-state index contributed by atoms with van der Waals surface area (Å²) >= 11 is 5.37. The van der Waals surface area contributed by atoms with E-state index in [9.17, 15) is 0 Å². The van der Waals surface area contributed by atoms with Crippen LogP contribution in [0, 0.1) is 0 Å². The highest BCUT2D eigenvalue weighted by atomic mass is 79.9. The lowest BCUT2D eigenvalue weighted by molar-refractivity contribution is -0.0369. The lowest BCUT2D eigenvalue weighted by Crippen LogP contribution is -2.59. The van der Waals surface area contributed by atoms with E-state index >= 15 is 0 Å². The van der Waals surface area contributed by atoms with E-state index in [-0.39, 0.29) is 0 Å². The van der Waals surface area contributed by atoms with Gasteiger partial charge in [-0.3, -0.25) is 4.90 Å². The quantitative estimate of drug-likeness (QED) is 0.853. The second kappa shape index (κ2) is 7.55. The molecular formula is C16H25BrN2OS. The molecule has 1 aromatic rings. The first-order chi connectivity index (χ1) is 10.3. The topological polar surface area (TPSA) is 24.5 Å². The van der Waals surface area contributed by atoms with Crippen molar-refractivity contribution >= 4 is 27.3 Å². The van der Waals surface area contributed by atoms with Gasteiger partial charge in [-0.15, -0.1) is 11.3 Å². The molecule has 0 atom stereocenters. The summed E-state index contributed by atoms with van der Waals surface area (Å²) in [7, 11) is 0. The van der Waals surface area contributed by atoms with Gasteiger partial charge in [0.05, 0.1) is 17.0 Å². The minimum absolute atomic E-state index is 0.372. The fourth-order valence-electron chi connectivity index (χ4n) is 3.72. The molecule has 1 saturated heterocycles. The summed E-state index contributed by atoms with van der Waals surface area (Å²) in [6, 6.07) is 4.35. The van der Waals surface area contributed by atoms with Crippen molar-refractivity contribution < 1.29 is 4.74 Å². The van der Waals surface area contributed by atoms with Crippen LogP contribution in [0.4, 0.5) is 0 Å². The smallest absolute Gasteiger partial charge is 0.0701 e. The van der Waals surface area contributed by atoms with Crippen molar-refractivity contribution in [1.82, 2.24) is 10.2 Å². The van der Waals surface area contributed by atoms with Gasteiger partial charge in [0.25, 0.3) is 0 Å². The monoisotopic (exact) mass is 372 g/mol. The van der Waals surface area contributed by atoms with Crippen molar-refractivity contribution in [1.29, 1.82) is 0 Å². The number of hydrogen-bond acceptors (Lipinski definition) is 4. The molecule has 1 aliphatic carbocycles. The molecule has 1 aliphatic heterocycles. The fraction of sp³-hybridized carbons (Fsp3) is 0.750. The first-order valence-electron chi connectivity index (χ1n) is 8.06. The second-order valence-electron chi connectivity index (χ2n) is 6.19. The number of ether oxygens (including phenoxy) is 1. The van der Waals surface area contributed by atoms with Crippen LogP contribution in [0.25, 0.3) is 0 Å². The van der Waals surface area contributed by atoms with E-state index in [2.05, 4.69) is 38.3 Å². The average molecular weight is 373 g/mol. The predicted molar refractivity (Wildman–Crippen MR) is 91.9 cm³/mol. The Hall–Kier alpha value is 0.0600. The molecule has 0 aromatic carbocycles. The van der Waals surface area contributed by atoms with E-state index in [0.29, 0.717) is 5.54 Å². The molecule has 21 heavy (non-hydrogen) atoms. The molecule has 1 saturated carbocycles. The highest BCUT2D eigenvalue weighted by Crippen LogP contribution is 2.34. The van der Waals surface area contributed by atoms with Gasteiger partial charge in [-0.25, -0.2) is 0 Å². The minimum atomic E-state index is 0.372. The van der Waals surface area contributed by atoms with Crippen molar-refractivity contribution in [2.75, 3.05) is 32.8 Å². The zero-order valence-electron chi connectivity index (χ0n) is 12.6. The molecule has 0 spiro atoms. The van der Waals surface area contributed by atoms with E-state index in [1.54, 1.807) is 0 Å². The van der Waals surface area contributed by atoms with Crippen LogP contribution in [0.3, 0.4) is 0 Å². The number of nitrogens with zero attached hydrogens (tertiary/aromatic N) is 1. The van der Waals surface area contributed by atoms with Gasteiger partial charge in [0.1, 0.15) is 0 Å². The molecular weight excluding hydrogens is 348 g/mol. The summed E-state index contributed by atoms with van der Waals surface area (Å²) in [4.78, 5) is 4.11. The standard InChI is InChI=1S/C16H25BrN2OS/c17-15-5-4-14(21-15)12-18-13-16(6-2-1-3-7-16)19-8-10-20-11-9-19/h4-5,18H,1-3,6-13H2. The predicted octanol–water partition coefficient (Wildman–Crippen LogP) is 3.64. The zero-order chi connectivity index (χ0) is 14.5. The third kappa shape index (κ3) is 4.08. The molecule has 3 rings (SSSR count). The van der Waals surface area contributed by atoms with Crippen LogP contribution in [0.2, 0.25) is 0 Å². The van der Waals surface area contributed by atoms with E-state index in [0.717, 1.165) is 39.4 Å². The Bertz CT molecular complexity index is 439. The molecule has 2 fully saturated rings. The molecule has 5 heteroatoms. The largest absolute Gasteiger partial charge is 0.379 e. The Morgan fingerprint density at radius 2 is 1.95 bits per heavy atom. The van der Waals surface area contributed by atoms with Crippen molar-refractivity contribution in [3.63, 3.8) is 0 Å². The van der Waals surface area contributed by atoms with E-state index in [1.165, 1.54) is 40.8 Å². The highest BCUT2D eigenvalue weighted by molar-refractivity contribution is 9.11. The first-order valence-corrected chi connectivity index (χ1v) is 9.67. The van der Waals surface area contributed by atoms with Crippen molar-refractivity contribution in [2.24, 2.45) is 0 Å². The van der Waals surface area contributed by atoms with Gasteiger partial charge in [-0.05, 0) is 40.9 Å². The maximum Gasteiger partial charge on any atom is 0.0701 e. The molecule has 0 amide bonds. The Labute approximate surface area is 140 Å². The third-order valence-corrected chi connectivity index (χ3v) is 6.47. The van der Waals surface area contributed by atoms with Crippen LogP contribution in [0.1, 0.15) is 37.0 Å². The molecule has 3 nitrogen and oxygen atoms in total. The molecule has 0 bridgehead atoms. The van der Waals surface area contributed by atoms with E-state index < -0.39 is 0 Å². The summed E-state index contributed by atoms with van der Waals surface area (Å²) in [5.41, 5.74) is 0.372. The van der Waals surface area contributed by atoms with Gasteiger partial charge in [-0.1, -0.05) is 19.3 Å². The highest BCUT2D eigenvalue weighted by Gasteiger charge is 2.38. The van der Waals surface area contributed by atoms with Crippen molar-refractivity contribution in [2.45, 2.75) is 44.2 Å². The Kier molecular flexibility index (Phi) is 5.73. The number of nitrogens with one attached hydrogen (secondary N) is 1. The summed E-state index contributed by atoms with van der Waals surface area (Å²) in [6.07, 6.45) is 6.85. The maximum absolute atomic E-state index is 5.55. The van der Waals surface area contributed by atoms with Gasteiger partial charge < -0.3 is 10.1 Å². The lowest BCUT2D eigenvalue weighted by Gasteiger charge is -2.48. The molecule has 2 heterocycles. The van der Waals surface area contributed by atoms with Crippen LogP contribution in [-0.2, 0) is 11.3 Å². The number of hydrogen-bond donors (Lipinski definition) is 1. The van der Waals surface area contributed by atoms with Crippen LogP contribution in [0.15, 0.2) is 15.9 Å². The first kappa shape index (κ1) is 15.9. The Balaban J connectivity index is 1.59. The van der Waals surface area contributed by atoms with Crippen LogP contribution < -0.4 is 5.32 Å². The molecule has 0 unspecified atom stereocenters. The van der Waals surface area contributed by atoms with Crippen molar-refractivity contribution in [3.05, 3.63) is 20.8 Å². The van der Waals surface area contributed by atoms with Gasteiger partial charge in [-0.2, -0.15) is 0 Å². The van der Waals surface area contributed by atoms with E-state index in [1.807, 2.05) is 11.3 Å². The molecule has 2 aliphatic rings. The summed E-state index contributed by atoms with van der Waals surface area (Å²) in [5.74, 6) is 0. The molecule has 1 aromatic heterocycles. The molecule has 1 N–H and O–H groups in total. The SMILES string of the molecule is Brc1ccc(CNCC2(N3CCOCC3)CCCCC2)s1. The van der Waals surface area contributed by atoms with Gasteiger partial charge in [0, 0.05) is 36.6 Å². The molecule has 118 valence electrons. The number of morpholine rings is 1. The van der Waals surface area contributed by atoms with E-state index in [4.69, 9.17) is 4.74 Å². The Morgan fingerprint density at radius 3 is 2.62 bits per heavy atom. The van der Waals surface area contributed by atoms with Crippen LogP contribution in [-0.4, -0.2) is 43.3 Å². The summed E-state index contributed by atoms with van der Waals surface area (Å²) in [6.45, 7) is 6.11. The van der Waals surface area contributed by atoms with Gasteiger partial charge in [0.15, 0.2) is 0 Å². The molecule has 0 radical (unpaired) electrons. The maximum atomic E-state index is 5.55. The van der Waals surface area contributed by atoms with Gasteiger partial charge >= 0.3 is 0 Å². The summed E-state index contributed by atoms with van der Waals surface area (Å²) < 4.78 is 6.77. The normalized spacial score (nSPS) is 23.3. The minimum Gasteiger partial charge on any atom is -0.379 e. The second-order valence-corrected chi connectivity index (χ2v) is 8.74. The number of thiophene rings is 1.